The number of carbonyl (C=O) groups excluding carboxylic acids is 1. The smallest absolute Gasteiger partial charge is 0.382 e. The van der Waals surface area contributed by atoms with E-state index < -0.39 is 29.3 Å². The highest BCUT2D eigenvalue weighted by molar-refractivity contribution is 7.32. The predicted molar refractivity (Wildman–Crippen MR) is 125 cm³/mol. The van der Waals surface area contributed by atoms with E-state index in [1.807, 2.05) is 6.92 Å². The summed E-state index contributed by atoms with van der Waals surface area (Å²) in [5.41, 5.74) is 0.379. The van der Waals surface area contributed by atoms with Crippen molar-refractivity contribution >= 4 is 37.9 Å². The van der Waals surface area contributed by atoms with Crippen LogP contribution >= 0.6 is 8.81 Å². The van der Waals surface area contributed by atoms with E-state index >= 15 is 0 Å². The molecule has 0 saturated carbocycles. The molecule has 0 aliphatic carbocycles. The minimum atomic E-state index is -4.72. The molecule has 2 aromatic carbocycles. The van der Waals surface area contributed by atoms with Crippen LogP contribution in [0.25, 0.3) is 0 Å². The Morgan fingerprint density at radius 1 is 1.15 bits per heavy atom. The number of rotatable bonds is 9. The highest BCUT2D eigenvalue weighted by Gasteiger charge is 2.35. The van der Waals surface area contributed by atoms with E-state index in [1.54, 1.807) is 36.4 Å². The van der Waals surface area contributed by atoms with Crippen LogP contribution in [0.4, 0.5) is 36.3 Å². The summed E-state index contributed by atoms with van der Waals surface area (Å²) >= 11 is 0. The molecule has 12 heteroatoms. The second-order valence-corrected chi connectivity index (χ2v) is 7.98. The Balaban J connectivity index is 1.88. The third-order valence-corrected chi connectivity index (χ3v) is 5.58. The molecular formula is C22H23F3N5O3P. The van der Waals surface area contributed by atoms with Gasteiger partial charge in [-0.15, -0.1) is 0 Å². The molecule has 3 aromatic rings. The largest absolute Gasteiger partial charge is 0.421 e. The van der Waals surface area contributed by atoms with Crippen molar-refractivity contribution < 1.29 is 27.6 Å². The van der Waals surface area contributed by atoms with Gasteiger partial charge < -0.3 is 25.6 Å². The van der Waals surface area contributed by atoms with Crippen molar-refractivity contribution in [2.24, 2.45) is 0 Å². The van der Waals surface area contributed by atoms with Crippen LogP contribution in [-0.4, -0.2) is 34.6 Å². The first-order valence-electron chi connectivity index (χ1n) is 10.2. The molecule has 0 aliphatic rings. The summed E-state index contributed by atoms with van der Waals surface area (Å²) in [4.78, 5) is 19.9. The number of aliphatic hydroxyl groups is 1. The van der Waals surface area contributed by atoms with Crippen LogP contribution in [0.1, 0.15) is 34.3 Å². The predicted octanol–water partition coefficient (Wildman–Crippen LogP) is 4.96. The van der Waals surface area contributed by atoms with E-state index in [4.69, 9.17) is 4.52 Å². The number of aliphatic hydroxyl groups excluding tert-OH is 1. The lowest BCUT2D eigenvalue weighted by atomic mass is 10.1. The van der Waals surface area contributed by atoms with Gasteiger partial charge in [0.15, 0.2) is 0 Å². The number of anilines is 4. The highest BCUT2D eigenvalue weighted by atomic mass is 31.1. The fraction of sp³-hybridized carbons (Fsp3) is 0.227. The summed E-state index contributed by atoms with van der Waals surface area (Å²) in [7, 11) is 1.32. The average molecular weight is 493 g/mol. The Labute approximate surface area is 195 Å². The molecule has 1 aromatic heterocycles. The molecule has 1 amide bonds. The molecule has 0 radical (unpaired) electrons. The molecule has 2 atom stereocenters. The van der Waals surface area contributed by atoms with Crippen LogP contribution in [0.15, 0.2) is 54.7 Å². The molecular weight excluding hydrogens is 470 g/mol. The Kier molecular flexibility index (Phi) is 8.38. The van der Waals surface area contributed by atoms with Crippen LogP contribution in [0.3, 0.4) is 0 Å². The molecule has 3 rings (SSSR count). The van der Waals surface area contributed by atoms with Crippen LogP contribution < -0.4 is 16.0 Å². The van der Waals surface area contributed by atoms with E-state index in [9.17, 15) is 23.1 Å². The van der Waals surface area contributed by atoms with Gasteiger partial charge in [0.2, 0.25) is 5.95 Å². The summed E-state index contributed by atoms with van der Waals surface area (Å²) in [6.45, 7) is 2.32. The molecule has 0 spiro atoms. The van der Waals surface area contributed by atoms with Gasteiger partial charge in [0.05, 0.1) is 11.3 Å². The Hall–Kier alpha value is -3.27. The first-order valence-corrected chi connectivity index (χ1v) is 11.2. The van der Waals surface area contributed by atoms with Crippen molar-refractivity contribution in [2.45, 2.75) is 18.9 Å². The second-order valence-electron chi connectivity index (χ2n) is 6.90. The topological polar surface area (TPSA) is 108 Å². The van der Waals surface area contributed by atoms with Crippen LogP contribution in [0.5, 0.6) is 0 Å². The van der Waals surface area contributed by atoms with Gasteiger partial charge in [-0.25, -0.2) is 4.98 Å². The van der Waals surface area contributed by atoms with Gasteiger partial charge in [-0.3, -0.25) is 4.79 Å². The minimum absolute atomic E-state index is 0.0857. The molecule has 8 nitrogen and oxygen atoms in total. The molecule has 0 fully saturated rings. The van der Waals surface area contributed by atoms with Crippen LogP contribution in [0, 0.1) is 0 Å². The summed E-state index contributed by atoms with van der Waals surface area (Å²) in [5.74, 6) is -1.83. The molecule has 180 valence electrons. The van der Waals surface area contributed by atoms with Crippen LogP contribution in [-0.2, 0) is 10.7 Å². The Morgan fingerprint density at radius 2 is 1.85 bits per heavy atom. The van der Waals surface area contributed by atoms with Crippen molar-refractivity contribution in [3.8, 4) is 0 Å². The zero-order valence-electron chi connectivity index (χ0n) is 18.3. The van der Waals surface area contributed by atoms with Gasteiger partial charge in [-0.2, -0.15) is 18.2 Å². The van der Waals surface area contributed by atoms with Crippen molar-refractivity contribution in [3.05, 3.63) is 71.4 Å². The first kappa shape index (κ1) is 25.4. The van der Waals surface area contributed by atoms with Crippen molar-refractivity contribution in [1.82, 2.24) is 15.3 Å². The number of para-hydroxylation sites is 1. The molecule has 0 saturated heterocycles. The van der Waals surface area contributed by atoms with Crippen molar-refractivity contribution in [1.29, 1.82) is 0 Å². The van der Waals surface area contributed by atoms with E-state index in [2.05, 4.69) is 25.9 Å². The summed E-state index contributed by atoms with van der Waals surface area (Å²) in [5, 5.41) is 18.0. The minimum Gasteiger partial charge on any atom is -0.382 e. The fourth-order valence-electron chi connectivity index (χ4n) is 2.91. The molecule has 34 heavy (non-hydrogen) atoms. The normalized spacial score (nSPS) is 12.5. The number of hydrogen-bond acceptors (Lipinski definition) is 7. The number of hydrogen-bond donors (Lipinski definition) is 4. The number of carbonyl (C=O) groups is 1. The van der Waals surface area contributed by atoms with Gasteiger partial charge >= 0.3 is 6.18 Å². The lowest BCUT2D eigenvalue weighted by Crippen LogP contribution is -2.20. The van der Waals surface area contributed by atoms with Gasteiger partial charge in [-0.1, -0.05) is 24.3 Å². The average Bonchev–Trinajstić information content (AvgIpc) is 2.82. The van der Waals surface area contributed by atoms with E-state index in [-0.39, 0.29) is 26.0 Å². The zero-order valence-corrected chi connectivity index (χ0v) is 19.3. The van der Waals surface area contributed by atoms with Gasteiger partial charge in [0.25, 0.3) is 5.91 Å². The van der Waals surface area contributed by atoms with Crippen molar-refractivity contribution in [2.75, 3.05) is 24.3 Å². The maximum absolute atomic E-state index is 13.6. The molecule has 1 heterocycles. The highest BCUT2D eigenvalue weighted by Crippen LogP contribution is 2.36. The lowest BCUT2D eigenvalue weighted by molar-refractivity contribution is -0.137. The maximum Gasteiger partial charge on any atom is 0.421 e. The standard InChI is InChI=1S/C22H23F3N5O3P/c1-3-33-34-20(32)13-8-10-14(11-9-13)28-21-27-12-16(22(23,24)25)18(30-21)29-17-7-5-4-6-15(17)19(31)26-2/h4-12,20,32,34H,3H2,1-2H3,(H,26,31)(H2,27,28,29,30). The van der Waals surface area contributed by atoms with E-state index in [0.29, 0.717) is 24.1 Å². The quantitative estimate of drug-likeness (QED) is 0.312. The number of benzene rings is 2. The number of nitrogens with zero attached hydrogens (tertiary/aromatic N) is 2. The second kappa shape index (κ2) is 11.2. The maximum atomic E-state index is 13.6. The number of aromatic nitrogens is 2. The monoisotopic (exact) mass is 493 g/mol. The summed E-state index contributed by atoms with van der Waals surface area (Å²) in [6, 6.07) is 12.8. The molecule has 0 aliphatic heterocycles. The van der Waals surface area contributed by atoms with Gasteiger partial charge in [-0.05, 0) is 36.8 Å². The SMILES string of the molecule is CCOPC(O)c1ccc(Nc2ncc(C(F)(F)F)c(Nc3ccccc3C(=O)NC)n2)cc1. The summed E-state index contributed by atoms with van der Waals surface area (Å²) in [6.07, 6.45) is -4.05. The lowest BCUT2D eigenvalue weighted by Gasteiger charge is -2.16. The number of amides is 1. The molecule has 4 N–H and O–H groups in total. The van der Waals surface area contributed by atoms with Gasteiger partial charge in [0, 0.05) is 34.3 Å². The third-order valence-electron chi connectivity index (χ3n) is 4.57. The first-order chi connectivity index (χ1) is 16.2. The molecule has 0 bridgehead atoms. The number of nitrogens with one attached hydrogen (secondary N) is 3. The van der Waals surface area contributed by atoms with Gasteiger partial charge in [0.1, 0.15) is 17.2 Å². The number of alkyl halides is 3. The summed E-state index contributed by atoms with van der Waals surface area (Å²) < 4.78 is 46.0. The zero-order chi connectivity index (χ0) is 24.7. The fourth-order valence-corrected chi connectivity index (χ4v) is 3.56. The van der Waals surface area contributed by atoms with Crippen LogP contribution in [0.2, 0.25) is 0 Å². The van der Waals surface area contributed by atoms with E-state index in [1.165, 1.54) is 19.2 Å². The Morgan fingerprint density at radius 3 is 2.50 bits per heavy atom. The van der Waals surface area contributed by atoms with Crippen molar-refractivity contribution in [3.63, 3.8) is 0 Å². The third kappa shape index (κ3) is 6.40. The van der Waals surface area contributed by atoms with E-state index in [0.717, 1.165) is 0 Å². The molecule has 2 unspecified atom stereocenters. The Bertz CT molecular complexity index is 1130. The number of halogens is 3.